The monoisotopic (exact) mass is 774 g/mol. The van der Waals surface area contributed by atoms with Crippen molar-refractivity contribution >= 4 is 80.9 Å². The molecule has 12 heteroatoms. The van der Waals surface area contributed by atoms with Crippen LogP contribution in [0.5, 0.6) is 5.75 Å². The summed E-state index contributed by atoms with van der Waals surface area (Å²) in [6.07, 6.45) is 15.6. The van der Waals surface area contributed by atoms with Gasteiger partial charge in [0.05, 0.1) is 26.4 Å². The van der Waals surface area contributed by atoms with Crippen LogP contribution in [0.3, 0.4) is 0 Å². The SMILES string of the molecule is CCCCCCCCCCCCCCNc1ccc(Cl)c(NC2=NN(c3c(Cl)cc(Cl)cc3Cl)C(=O)C2N=Nc2ccc(O)c(C(C)(C)C)c2)c1. The third kappa shape index (κ3) is 12.0. The fourth-order valence-corrected chi connectivity index (χ4v) is 7.06. The summed E-state index contributed by atoms with van der Waals surface area (Å²) in [7, 11) is 0. The molecule has 3 aromatic carbocycles. The Morgan fingerprint density at radius 1 is 0.804 bits per heavy atom. The fraction of sp³-hybridized carbons (Fsp3) is 0.487. The Kier molecular flexibility index (Phi) is 15.7. The predicted octanol–water partition coefficient (Wildman–Crippen LogP) is 13.3. The number of phenolic OH excluding ortho intramolecular Hbond substituents is 1. The Morgan fingerprint density at radius 2 is 1.41 bits per heavy atom. The minimum absolute atomic E-state index is 0.150. The van der Waals surface area contributed by atoms with Gasteiger partial charge in [-0.25, -0.2) is 0 Å². The molecular formula is C39H50Cl4N6O2. The zero-order chi connectivity index (χ0) is 37.0. The van der Waals surface area contributed by atoms with Gasteiger partial charge >= 0.3 is 0 Å². The molecule has 0 spiro atoms. The van der Waals surface area contributed by atoms with Crippen molar-refractivity contribution in [1.82, 2.24) is 0 Å². The number of hydrazone groups is 1. The van der Waals surface area contributed by atoms with Gasteiger partial charge in [-0.05, 0) is 60.4 Å². The number of carbonyl (C=O) groups is 1. The number of amides is 1. The van der Waals surface area contributed by atoms with E-state index in [1.165, 1.54) is 82.8 Å². The van der Waals surface area contributed by atoms with E-state index in [-0.39, 0.29) is 32.7 Å². The third-order valence-electron chi connectivity index (χ3n) is 8.77. The van der Waals surface area contributed by atoms with Crippen molar-refractivity contribution in [3.63, 3.8) is 0 Å². The first-order valence-electron chi connectivity index (χ1n) is 18.0. The number of benzene rings is 3. The maximum absolute atomic E-state index is 13.9. The smallest absolute Gasteiger partial charge is 0.282 e. The zero-order valence-corrected chi connectivity index (χ0v) is 33.1. The van der Waals surface area contributed by atoms with E-state index in [0.717, 1.165) is 23.7 Å². The topological polar surface area (TPSA) is 102 Å². The summed E-state index contributed by atoms with van der Waals surface area (Å²) in [5.74, 6) is -0.192. The molecule has 3 N–H and O–H groups in total. The highest BCUT2D eigenvalue weighted by molar-refractivity contribution is 6.43. The van der Waals surface area contributed by atoms with Crippen LogP contribution in [0.2, 0.25) is 20.1 Å². The second kappa shape index (κ2) is 19.7. The van der Waals surface area contributed by atoms with E-state index in [4.69, 9.17) is 46.4 Å². The number of halogens is 4. The second-order valence-corrected chi connectivity index (χ2v) is 15.7. The molecule has 1 aliphatic heterocycles. The lowest BCUT2D eigenvalue weighted by atomic mass is 9.86. The highest BCUT2D eigenvalue weighted by atomic mass is 35.5. The minimum Gasteiger partial charge on any atom is -0.508 e. The number of phenols is 1. The molecule has 51 heavy (non-hydrogen) atoms. The van der Waals surface area contributed by atoms with E-state index < -0.39 is 11.9 Å². The van der Waals surface area contributed by atoms with Crippen LogP contribution in [0.1, 0.15) is 110 Å². The highest BCUT2D eigenvalue weighted by Gasteiger charge is 2.39. The van der Waals surface area contributed by atoms with Gasteiger partial charge in [0, 0.05) is 22.8 Å². The van der Waals surface area contributed by atoms with Crippen molar-refractivity contribution in [2.75, 3.05) is 22.2 Å². The minimum atomic E-state index is -1.17. The number of amidine groups is 1. The van der Waals surface area contributed by atoms with E-state index >= 15 is 0 Å². The Labute approximate surface area is 323 Å². The first-order valence-corrected chi connectivity index (χ1v) is 19.5. The van der Waals surface area contributed by atoms with Crippen molar-refractivity contribution in [3.05, 3.63) is 74.2 Å². The number of carbonyl (C=O) groups excluding carboxylic acids is 1. The van der Waals surface area contributed by atoms with Gasteiger partial charge in [-0.1, -0.05) is 145 Å². The van der Waals surface area contributed by atoms with Gasteiger partial charge in [-0.3, -0.25) is 4.79 Å². The van der Waals surface area contributed by atoms with E-state index in [9.17, 15) is 9.90 Å². The molecule has 1 aliphatic rings. The molecule has 3 aromatic rings. The van der Waals surface area contributed by atoms with Gasteiger partial charge in [-0.15, -0.1) is 5.10 Å². The van der Waals surface area contributed by atoms with Gasteiger partial charge in [-0.2, -0.15) is 15.2 Å². The summed E-state index contributed by atoms with van der Waals surface area (Å²) in [4.78, 5) is 13.9. The van der Waals surface area contributed by atoms with Crippen molar-refractivity contribution in [2.45, 2.75) is 116 Å². The molecule has 1 amide bonds. The Hall–Kier alpha value is -3.04. The standard InChI is InChI=1S/C39H50Cl4N6O2/c1-5-6-7-8-9-10-11-12-13-14-15-16-21-44-27-17-19-30(41)33(25-27)45-37-35(47-46-28-18-20-34(50)29(24-28)39(2,3)4)38(51)49(48-37)36-31(42)22-26(40)23-32(36)43/h17-20,22-25,35,44,50H,5-16,21H2,1-4H3,(H,45,48). The summed E-state index contributed by atoms with van der Waals surface area (Å²) >= 11 is 25.8. The number of aromatic hydroxyl groups is 1. The Bertz CT molecular complexity index is 1670. The maximum Gasteiger partial charge on any atom is 0.282 e. The van der Waals surface area contributed by atoms with Crippen LogP contribution in [0.4, 0.5) is 22.7 Å². The van der Waals surface area contributed by atoms with Gasteiger partial charge in [0.15, 0.2) is 5.84 Å². The first-order chi connectivity index (χ1) is 24.4. The third-order valence-corrected chi connectivity index (χ3v) is 9.89. The van der Waals surface area contributed by atoms with E-state index in [1.54, 1.807) is 24.3 Å². The molecule has 276 valence electrons. The van der Waals surface area contributed by atoms with Crippen molar-refractivity contribution in [2.24, 2.45) is 15.3 Å². The maximum atomic E-state index is 13.9. The molecule has 0 saturated carbocycles. The van der Waals surface area contributed by atoms with Gasteiger partial charge < -0.3 is 15.7 Å². The number of azo groups is 1. The summed E-state index contributed by atoms with van der Waals surface area (Å²) < 4.78 is 0. The van der Waals surface area contributed by atoms with Crippen LogP contribution in [0.25, 0.3) is 0 Å². The molecule has 0 radical (unpaired) electrons. The molecule has 8 nitrogen and oxygen atoms in total. The average Bonchev–Trinajstić information content (AvgIpc) is 3.36. The molecule has 0 fully saturated rings. The molecule has 0 bridgehead atoms. The second-order valence-electron chi connectivity index (χ2n) is 14.1. The quantitative estimate of drug-likeness (QED) is 0.0884. The number of nitrogens with one attached hydrogen (secondary N) is 2. The van der Waals surface area contributed by atoms with Crippen LogP contribution < -0.4 is 15.6 Å². The molecule has 4 rings (SSSR count). The van der Waals surface area contributed by atoms with Crippen molar-refractivity contribution in [1.29, 1.82) is 0 Å². The highest BCUT2D eigenvalue weighted by Crippen LogP contribution is 2.40. The van der Waals surface area contributed by atoms with Crippen LogP contribution >= 0.6 is 46.4 Å². The zero-order valence-electron chi connectivity index (χ0n) is 30.0. The molecule has 1 heterocycles. The van der Waals surface area contributed by atoms with Crippen LogP contribution in [0.15, 0.2) is 63.9 Å². The van der Waals surface area contributed by atoms with Gasteiger partial charge in [0.2, 0.25) is 6.04 Å². The van der Waals surface area contributed by atoms with Gasteiger partial charge in [0.1, 0.15) is 11.4 Å². The van der Waals surface area contributed by atoms with Crippen LogP contribution in [0, 0.1) is 0 Å². The van der Waals surface area contributed by atoms with E-state index in [2.05, 4.69) is 32.9 Å². The summed E-state index contributed by atoms with van der Waals surface area (Å²) in [6, 6.07) is 12.3. The number of nitrogens with zero attached hydrogens (tertiary/aromatic N) is 4. The molecular weight excluding hydrogens is 726 g/mol. The molecule has 0 saturated heterocycles. The number of anilines is 3. The lowest BCUT2D eigenvalue weighted by Gasteiger charge is -2.20. The van der Waals surface area contributed by atoms with E-state index in [1.807, 2.05) is 32.9 Å². The number of hydrogen-bond donors (Lipinski definition) is 3. The van der Waals surface area contributed by atoms with Crippen molar-refractivity contribution < 1.29 is 9.90 Å². The van der Waals surface area contributed by atoms with Crippen LogP contribution in [-0.2, 0) is 10.2 Å². The molecule has 1 atom stereocenters. The molecule has 1 unspecified atom stereocenters. The van der Waals surface area contributed by atoms with Crippen LogP contribution in [-0.4, -0.2) is 29.4 Å². The average molecular weight is 777 g/mol. The fourth-order valence-electron chi connectivity index (χ4n) is 5.92. The Balaban J connectivity index is 1.43. The number of hydrogen-bond acceptors (Lipinski definition) is 7. The predicted molar refractivity (Wildman–Crippen MR) is 216 cm³/mol. The summed E-state index contributed by atoms with van der Waals surface area (Å²) in [5.41, 5.74) is 2.42. The largest absolute Gasteiger partial charge is 0.508 e. The molecule has 0 aromatic heterocycles. The molecule has 0 aliphatic carbocycles. The summed E-state index contributed by atoms with van der Waals surface area (Å²) in [6.45, 7) is 9.05. The van der Waals surface area contributed by atoms with Gasteiger partial charge in [0.25, 0.3) is 5.91 Å². The Morgan fingerprint density at radius 3 is 2.02 bits per heavy atom. The lowest BCUT2D eigenvalue weighted by molar-refractivity contribution is -0.117. The number of rotatable bonds is 18. The van der Waals surface area contributed by atoms with E-state index in [0.29, 0.717) is 27.0 Å². The number of unbranched alkanes of at least 4 members (excludes halogenated alkanes) is 11. The summed E-state index contributed by atoms with van der Waals surface area (Å²) in [5, 5.41) is 32.7. The lowest BCUT2D eigenvalue weighted by Crippen LogP contribution is -2.33. The first kappa shape index (κ1) is 40.7. The van der Waals surface area contributed by atoms with Crippen molar-refractivity contribution in [3.8, 4) is 5.75 Å². The normalized spacial score (nSPS) is 14.8.